The molecule has 0 saturated carbocycles. The third-order valence-electron chi connectivity index (χ3n) is 1.63. The fraction of sp³-hybridized carbons (Fsp3) is 0.714. The summed E-state index contributed by atoms with van der Waals surface area (Å²) in [5.41, 5.74) is 0. The first kappa shape index (κ1) is 8.20. The minimum Gasteiger partial charge on any atom is -0.393 e. The molecule has 0 aliphatic rings. The van der Waals surface area contributed by atoms with Crippen LogP contribution in [0.1, 0.15) is 19.8 Å². The van der Waals surface area contributed by atoms with Gasteiger partial charge in [0.25, 0.3) is 0 Å². The zero-order valence-electron chi connectivity index (χ0n) is 6.64. The molecule has 1 heterocycles. The molecule has 0 bridgehead atoms. The summed E-state index contributed by atoms with van der Waals surface area (Å²) in [5.74, 6) is 0. The van der Waals surface area contributed by atoms with Crippen molar-refractivity contribution in [1.82, 2.24) is 15.0 Å². The number of hydrogen-bond acceptors (Lipinski definition) is 3. The van der Waals surface area contributed by atoms with E-state index in [2.05, 4.69) is 10.3 Å². The minimum absolute atomic E-state index is 0.209. The van der Waals surface area contributed by atoms with Crippen molar-refractivity contribution in [1.29, 1.82) is 0 Å². The lowest BCUT2D eigenvalue weighted by atomic mass is 10.2. The van der Waals surface area contributed by atoms with Gasteiger partial charge >= 0.3 is 0 Å². The number of aromatic nitrogens is 3. The quantitative estimate of drug-likeness (QED) is 0.686. The van der Waals surface area contributed by atoms with Crippen LogP contribution in [-0.4, -0.2) is 26.2 Å². The molecular weight excluding hydrogens is 142 g/mol. The topological polar surface area (TPSA) is 50.9 Å². The molecule has 4 heteroatoms. The molecule has 0 saturated heterocycles. The highest BCUT2D eigenvalue weighted by molar-refractivity contribution is 4.64. The minimum atomic E-state index is -0.209. The summed E-state index contributed by atoms with van der Waals surface area (Å²) >= 11 is 0. The molecule has 0 amide bonds. The van der Waals surface area contributed by atoms with E-state index >= 15 is 0 Å². The van der Waals surface area contributed by atoms with Gasteiger partial charge in [-0.2, -0.15) is 0 Å². The van der Waals surface area contributed by atoms with Gasteiger partial charge in [0.05, 0.1) is 12.3 Å². The van der Waals surface area contributed by atoms with Crippen LogP contribution in [0, 0.1) is 0 Å². The van der Waals surface area contributed by atoms with E-state index in [4.69, 9.17) is 0 Å². The van der Waals surface area contributed by atoms with Crippen LogP contribution >= 0.6 is 0 Å². The Bertz CT molecular complexity index is 186. The molecule has 1 N–H and O–H groups in total. The summed E-state index contributed by atoms with van der Waals surface area (Å²) in [6.45, 7) is 2.71. The lowest BCUT2D eigenvalue weighted by molar-refractivity contribution is 0.152. The Kier molecular flexibility index (Phi) is 3.04. The summed E-state index contributed by atoms with van der Waals surface area (Å²) in [6.07, 6.45) is 4.77. The van der Waals surface area contributed by atoms with Gasteiger partial charge in [-0.25, -0.2) is 0 Å². The first-order chi connectivity index (χ1) is 5.33. The van der Waals surface area contributed by atoms with Gasteiger partial charge in [0.1, 0.15) is 0 Å². The highest BCUT2D eigenvalue weighted by Gasteiger charge is 2.00. The van der Waals surface area contributed by atoms with Crippen molar-refractivity contribution in [2.24, 2.45) is 0 Å². The fourth-order valence-electron chi connectivity index (χ4n) is 0.837. The van der Waals surface area contributed by atoms with Gasteiger partial charge < -0.3 is 5.11 Å². The van der Waals surface area contributed by atoms with Gasteiger partial charge in [0.2, 0.25) is 0 Å². The second-order valence-corrected chi connectivity index (χ2v) is 2.52. The van der Waals surface area contributed by atoms with Crippen LogP contribution < -0.4 is 0 Å². The molecule has 1 rings (SSSR count). The van der Waals surface area contributed by atoms with E-state index in [0.29, 0.717) is 0 Å². The summed E-state index contributed by atoms with van der Waals surface area (Å²) in [5, 5.41) is 16.6. The average Bonchev–Trinajstić information content (AvgIpc) is 2.52. The van der Waals surface area contributed by atoms with Crippen molar-refractivity contribution in [3.8, 4) is 0 Å². The van der Waals surface area contributed by atoms with Crippen molar-refractivity contribution >= 4 is 0 Å². The van der Waals surface area contributed by atoms with E-state index in [1.54, 1.807) is 17.1 Å². The predicted octanol–water partition coefficient (Wildman–Crippen LogP) is 0.439. The van der Waals surface area contributed by atoms with E-state index in [1.807, 2.05) is 6.92 Å². The molecule has 0 aliphatic carbocycles. The molecule has 11 heavy (non-hydrogen) atoms. The van der Waals surface area contributed by atoms with Crippen LogP contribution in [0.3, 0.4) is 0 Å². The first-order valence-corrected chi connectivity index (χ1v) is 3.85. The van der Waals surface area contributed by atoms with Crippen molar-refractivity contribution < 1.29 is 5.11 Å². The van der Waals surface area contributed by atoms with E-state index < -0.39 is 0 Å². The Labute approximate surface area is 65.8 Å². The third-order valence-corrected chi connectivity index (χ3v) is 1.63. The maximum Gasteiger partial charge on any atom is 0.0692 e. The Balaban J connectivity index is 2.23. The number of aliphatic hydroxyl groups excluding tert-OH is 1. The molecule has 1 aromatic rings. The SMILES string of the molecule is CCC(O)CCn1ccnn1. The zero-order chi connectivity index (χ0) is 8.10. The monoisotopic (exact) mass is 155 g/mol. The average molecular weight is 155 g/mol. The zero-order valence-corrected chi connectivity index (χ0v) is 6.64. The molecule has 0 aromatic carbocycles. The van der Waals surface area contributed by atoms with Crippen molar-refractivity contribution in [2.45, 2.75) is 32.4 Å². The largest absolute Gasteiger partial charge is 0.393 e. The van der Waals surface area contributed by atoms with Crippen LogP contribution in [-0.2, 0) is 6.54 Å². The number of aryl methyl sites for hydroxylation is 1. The van der Waals surface area contributed by atoms with Crippen molar-refractivity contribution in [3.05, 3.63) is 12.4 Å². The Morgan fingerprint density at radius 3 is 3.00 bits per heavy atom. The van der Waals surface area contributed by atoms with Crippen molar-refractivity contribution in [2.75, 3.05) is 0 Å². The predicted molar refractivity (Wildman–Crippen MR) is 40.9 cm³/mol. The molecular formula is C7H13N3O. The third kappa shape index (κ3) is 2.67. The number of aliphatic hydroxyl groups is 1. The molecule has 0 spiro atoms. The van der Waals surface area contributed by atoms with E-state index in [-0.39, 0.29) is 6.10 Å². The van der Waals surface area contributed by atoms with Crippen LogP contribution in [0.2, 0.25) is 0 Å². The lowest BCUT2D eigenvalue weighted by Gasteiger charge is -2.05. The Morgan fingerprint density at radius 1 is 1.64 bits per heavy atom. The Morgan fingerprint density at radius 2 is 2.45 bits per heavy atom. The summed E-state index contributed by atoms with van der Waals surface area (Å²) < 4.78 is 1.72. The van der Waals surface area contributed by atoms with Crippen LogP contribution in [0.4, 0.5) is 0 Å². The summed E-state index contributed by atoms with van der Waals surface area (Å²) in [4.78, 5) is 0. The maximum atomic E-state index is 9.20. The van der Waals surface area contributed by atoms with E-state index in [0.717, 1.165) is 19.4 Å². The van der Waals surface area contributed by atoms with E-state index in [1.165, 1.54) is 0 Å². The second kappa shape index (κ2) is 4.08. The molecule has 1 unspecified atom stereocenters. The van der Waals surface area contributed by atoms with Crippen LogP contribution in [0.25, 0.3) is 0 Å². The van der Waals surface area contributed by atoms with Crippen LogP contribution in [0.15, 0.2) is 12.4 Å². The fourth-order valence-corrected chi connectivity index (χ4v) is 0.837. The second-order valence-electron chi connectivity index (χ2n) is 2.52. The van der Waals surface area contributed by atoms with Gasteiger partial charge in [-0.3, -0.25) is 4.68 Å². The molecule has 0 aliphatic heterocycles. The number of rotatable bonds is 4. The normalized spacial score (nSPS) is 13.3. The summed E-state index contributed by atoms with van der Waals surface area (Å²) in [7, 11) is 0. The lowest BCUT2D eigenvalue weighted by Crippen LogP contribution is -2.10. The van der Waals surface area contributed by atoms with Gasteiger partial charge in [-0.05, 0) is 12.8 Å². The molecule has 4 nitrogen and oxygen atoms in total. The standard InChI is InChI=1S/C7H13N3O/c1-2-7(11)3-5-10-6-4-8-9-10/h4,6-7,11H,2-3,5H2,1H3. The molecule has 1 atom stereocenters. The van der Waals surface area contributed by atoms with Gasteiger partial charge in [0, 0.05) is 12.7 Å². The Hall–Kier alpha value is -0.900. The number of hydrogen-bond donors (Lipinski definition) is 1. The van der Waals surface area contributed by atoms with Gasteiger partial charge in [-0.15, -0.1) is 5.10 Å². The van der Waals surface area contributed by atoms with Crippen LogP contribution in [0.5, 0.6) is 0 Å². The molecule has 1 aromatic heterocycles. The highest BCUT2D eigenvalue weighted by Crippen LogP contribution is 1.98. The van der Waals surface area contributed by atoms with Gasteiger partial charge in [-0.1, -0.05) is 12.1 Å². The molecule has 62 valence electrons. The number of nitrogens with zero attached hydrogens (tertiary/aromatic N) is 3. The molecule has 0 radical (unpaired) electrons. The van der Waals surface area contributed by atoms with Crippen molar-refractivity contribution in [3.63, 3.8) is 0 Å². The maximum absolute atomic E-state index is 9.20. The van der Waals surface area contributed by atoms with E-state index in [9.17, 15) is 5.11 Å². The summed E-state index contributed by atoms with van der Waals surface area (Å²) in [6, 6.07) is 0. The highest BCUT2D eigenvalue weighted by atomic mass is 16.3. The first-order valence-electron chi connectivity index (χ1n) is 3.85. The smallest absolute Gasteiger partial charge is 0.0692 e. The van der Waals surface area contributed by atoms with Gasteiger partial charge in [0.15, 0.2) is 0 Å². The molecule has 0 fully saturated rings.